The van der Waals surface area contributed by atoms with Gasteiger partial charge < -0.3 is 4.74 Å². The summed E-state index contributed by atoms with van der Waals surface area (Å²) in [7, 11) is 0. The fraction of sp³-hybridized carbons (Fsp3) is 0.571. The van der Waals surface area contributed by atoms with Crippen LogP contribution < -0.4 is 0 Å². The number of ether oxygens (including phenoxy) is 1. The molecule has 0 unspecified atom stereocenters. The highest BCUT2D eigenvalue weighted by atomic mass is 16.5. The maximum Gasteiger partial charge on any atom is 0.306 e. The number of carbonyl (C=O) groups is 1. The van der Waals surface area contributed by atoms with Gasteiger partial charge in [0.25, 0.3) is 0 Å². The highest BCUT2D eigenvalue weighted by Gasteiger charge is 2.21. The van der Waals surface area contributed by atoms with Crippen molar-refractivity contribution in [2.45, 2.75) is 12.8 Å². The van der Waals surface area contributed by atoms with Crippen molar-refractivity contribution in [3.63, 3.8) is 0 Å². The molecule has 0 spiro atoms. The van der Waals surface area contributed by atoms with Crippen molar-refractivity contribution in [1.29, 1.82) is 0 Å². The second-order valence-electron chi connectivity index (χ2n) is 2.28. The van der Waals surface area contributed by atoms with E-state index in [0.29, 0.717) is 18.9 Å². The molecule has 0 N–H and O–H groups in total. The minimum Gasteiger partial charge on any atom is -0.465 e. The Kier molecular flexibility index (Phi) is 1.88. The molecule has 0 saturated carbocycles. The molecule has 1 rings (SSSR count). The largest absolute Gasteiger partial charge is 0.465 e. The molecule has 1 aliphatic rings. The zero-order valence-corrected chi connectivity index (χ0v) is 5.30. The summed E-state index contributed by atoms with van der Waals surface area (Å²) in [4.78, 5) is 10.5. The smallest absolute Gasteiger partial charge is 0.306 e. The lowest BCUT2D eigenvalue weighted by Gasteiger charge is -1.97. The van der Waals surface area contributed by atoms with Crippen LogP contribution in [0.4, 0.5) is 0 Å². The lowest BCUT2D eigenvalue weighted by Crippen LogP contribution is -1.95. The van der Waals surface area contributed by atoms with Crippen LogP contribution in [0.1, 0.15) is 12.8 Å². The van der Waals surface area contributed by atoms with Crippen molar-refractivity contribution < 1.29 is 9.53 Å². The predicted molar refractivity (Wildman–Crippen MR) is 33.9 cm³/mol. The standard InChI is InChI=1S/C7H10O2/c1-2-3-6-4-7(8)9-5-6/h2,6H,1,3-5H2/t6-/m1/s1. The normalized spacial score (nSPS) is 25.8. The van der Waals surface area contributed by atoms with E-state index < -0.39 is 0 Å². The quantitative estimate of drug-likeness (QED) is 0.409. The Hall–Kier alpha value is -0.790. The number of allylic oxidation sites excluding steroid dienone is 1. The van der Waals surface area contributed by atoms with E-state index in [9.17, 15) is 4.79 Å². The molecule has 0 aromatic rings. The fourth-order valence-corrected chi connectivity index (χ4v) is 0.951. The number of hydrogen-bond donors (Lipinski definition) is 0. The second-order valence-corrected chi connectivity index (χ2v) is 2.28. The Bertz CT molecular complexity index is 129. The van der Waals surface area contributed by atoms with E-state index in [4.69, 9.17) is 4.74 Å². The fourth-order valence-electron chi connectivity index (χ4n) is 0.951. The molecule has 0 amide bonds. The molecule has 2 nitrogen and oxygen atoms in total. The van der Waals surface area contributed by atoms with Gasteiger partial charge in [0.1, 0.15) is 0 Å². The minimum absolute atomic E-state index is 0.0677. The zero-order chi connectivity index (χ0) is 6.69. The van der Waals surface area contributed by atoms with E-state index in [1.54, 1.807) is 0 Å². The van der Waals surface area contributed by atoms with Crippen LogP contribution in [0.2, 0.25) is 0 Å². The molecule has 1 aliphatic heterocycles. The van der Waals surface area contributed by atoms with Crippen LogP contribution in [0, 0.1) is 5.92 Å². The molecule has 0 aliphatic carbocycles. The molecule has 0 radical (unpaired) electrons. The van der Waals surface area contributed by atoms with E-state index in [-0.39, 0.29) is 5.97 Å². The number of rotatable bonds is 2. The second kappa shape index (κ2) is 2.67. The molecular formula is C7H10O2. The summed E-state index contributed by atoms with van der Waals surface area (Å²) in [6.07, 6.45) is 3.30. The van der Waals surface area contributed by atoms with Crippen molar-refractivity contribution in [2.24, 2.45) is 5.92 Å². The molecule has 1 fully saturated rings. The van der Waals surface area contributed by atoms with Crippen LogP contribution in [-0.4, -0.2) is 12.6 Å². The Balaban J connectivity index is 2.29. The van der Waals surface area contributed by atoms with Gasteiger partial charge in [0, 0.05) is 5.92 Å². The van der Waals surface area contributed by atoms with Crippen molar-refractivity contribution >= 4 is 5.97 Å². The number of cyclic esters (lactones) is 1. The SMILES string of the molecule is C=CC[C@H]1COC(=O)C1. The van der Waals surface area contributed by atoms with Gasteiger partial charge in [-0.1, -0.05) is 6.08 Å². The van der Waals surface area contributed by atoms with Gasteiger partial charge in [-0.2, -0.15) is 0 Å². The monoisotopic (exact) mass is 126 g/mol. The summed E-state index contributed by atoms with van der Waals surface area (Å²) in [5.41, 5.74) is 0. The van der Waals surface area contributed by atoms with Gasteiger partial charge in [0.05, 0.1) is 13.0 Å². The van der Waals surface area contributed by atoms with Gasteiger partial charge in [0.2, 0.25) is 0 Å². The van der Waals surface area contributed by atoms with Crippen molar-refractivity contribution in [1.82, 2.24) is 0 Å². The highest BCUT2D eigenvalue weighted by molar-refractivity contribution is 5.71. The van der Waals surface area contributed by atoms with Crippen LogP contribution in [0.5, 0.6) is 0 Å². The zero-order valence-electron chi connectivity index (χ0n) is 5.30. The van der Waals surface area contributed by atoms with Crippen molar-refractivity contribution in [3.8, 4) is 0 Å². The third kappa shape index (κ3) is 1.56. The number of hydrogen-bond acceptors (Lipinski definition) is 2. The summed E-state index contributed by atoms with van der Waals surface area (Å²) in [5.74, 6) is 0.330. The van der Waals surface area contributed by atoms with Crippen LogP contribution in [-0.2, 0) is 9.53 Å². The molecule has 1 heterocycles. The molecule has 9 heavy (non-hydrogen) atoms. The summed E-state index contributed by atoms with van der Waals surface area (Å²) in [6, 6.07) is 0. The Morgan fingerprint density at radius 1 is 1.89 bits per heavy atom. The summed E-state index contributed by atoms with van der Waals surface area (Å²) in [6.45, 7) is 4.17. The van der Waals surface area contributed by atoms with Gasteiger partial charge in [-0.25, -0.2) is 0 Å². The Labute approximate surface area is 54.5 Å². The average molecular weight is 126 g/mol. The first kappa shape index (κ1) is 6.33. The first-order valence-electron chi connectivity index (χ1n) is 3.09. The molecular weight excluding hydrogens is 116 g/mol. The van der Waals surface area contributed by atoms with E-state index in [1.165, 1.54) is 0 Å². The lowest BCUT2D eigenvalue weighted by atomic mass is 10.1. The average Bonchev–Trinajstić information content (AvgIpc) is 2.17. The molecule has 1 saturated heterocycles. The third-order valence-electron chi connectivity index (χ3n) is 1.44. The minimum atomic E-state index is -0.0677. The number of carbonyl (C=O) groups excluding carboxylic acids is 1. The van der Waals surface area contributed by atoms with E-state index in [0.717, 1.165) is 6.42 Å². The van der Waals surface area contributed by atoms with E-state index in [2.05, 4.69) is 6.58 Å². The summed E-state index contributed by atoms with van der Waals surface area (Å²) >= 11 is 0. The predicted octanol–water partition coefficient (Wildman–Crippen LogP) is 1.13. The summed E-state index contributed by atoms with van der Waals surface area (Å²) < 4.78 is 4.73. The third-order valence-corrected chi connectivity index (χ3v) is 1.44. The maximum atomic E-state index is 10.5. The van der Waals surface area contributed by atoms with Gasteiger partial charge in [-0.15, -0.1) is 6.58 Å². The molecule has 0 aromatic heterocycles. The lowest BCUT2D eigenvalue weighted by molar-refractivity contribution is -0.137. The Morgan fingerprint density at radius 3 is 3.11 bits per heavy atom. The summed E-state index contributed by atoms with van der Waals surface area (Å²) in [5, 5.41) is 0. The molecule has 0 aromatic carbocycles. The van der Waals surface area contributed by atoms with E-state index >= 15 is 0 Å². The first-order chi connectivity index (χ1) is 4.33. The van der Waals surface area contributed by atoms with Crippen molar-refractivity contribution in [3.05, 3.63) is 12.7 Å². The number of esters is 1. The van der Waals surface area contributed by atoms with Gasteiger partial charge >= 0.3 is 5.97 Å². The van der Waals surface area contributed by atoms with Gasteiger partial charge in [-0.05, 0) is 6.42 Å². The van der Waals surface area contributed by atoms with E-state index in [1.807, 2.05) is 6.08 Å². The van der Waals surface area contributed by atoms with Crippen molar-refractivity contribution in [2.75, 3.05) is 6.61 Å². The van der Waals surface area contributed by atoms with Crippen LogP contribution >= 0.6 is 0 Å². The Morgan fingerprint density at radius 2 is 2.67 bits per heavy atom. The van der Waals surface area contributed by atoms with Crippen LogP contribution in [0.25, 0.3) is 0 Å². The molecule has 2 heteroatoms. The van der Waals surface area contributed by atoms with Crippen LogP contribution in [0.15, 0.2) is 12.7 Å². The van der Waals surface area contributed by atoms with Gasteiger partial charge in [0.15, 0.2) is 0 Å². The highest BCUT2D eigenvalue weighted by Crippen LogP contribution is 2.17. The first-order valence-corrected chi connectivity index (χ1v) is 3.09. The molecule has 1 atom stereocenters. The van der Waals surface area contributed by atoms with Gasteiger partial charge in [-0.3, -0.25) is 4.79 Å². The topological polar surface area (TPSA) is 26.3 Å². The molecule has 50 valence electrons. The molecule has 0 bridgehead atoms. The van der Waals surface area contributed by atoms with Crippen LogP contribution in [0.3, 0.4) is 0 Å². The maximum absolute atomic E-state index is 10.5.